The van der Waals surface area contributed by atoms with Crippen LogP contribution in [-0.2, 0) is 71.4 Å². The Morgan fingerprint density at radius 2 is 0.778 bits per heavy atom. The van der Waals surface area contributed by atoms with E-state index in [4.69, 9.17) is 42.6 Å². The van der Waals surface area contributed by atoms with Crippen molar-refractivity contribution < 1.29 is 71.4 Å². The van der Waals surface area contributed by atoms with Crippen molar-refractivity contribution in [2.45, 2.75) is 103 Å². The van der Waals surface area contributed by atoms with Gasteiger partial charge in [0.15, 0.2) is 36.6 Å². The van der Waals surface area contributed by atoms with Crippen molar-refractivity contribution in [3.05, 3.63) is 0 Å². The fourth-order valence-corrected chi connectivity index (χ4v) is 4.76. The van der Waals surface area contributed by atoms with Crippen LogP contribution in [0.25, 0.3) is 0 Å². The summed E-state index contributed by atoms with van der Waals surface area (Å²) in [5.41, 5.74) is 0. The molecule has 0 aromatic carbocycles. The van der Waals surface area contributed by atoms with Gasteiger partial charge in [0.2, 0.25) is 12.6 Å². The predicted molar refractivity (Wildman–Crippen MR) is 152 cm³/mol. The molecule has 0 radical (unpaired) electrons. The normalized spacial score (nSPS) is 30.6. The molecule has 0 saturated carbocycles. The Hall–Kier alpha value is -3.70. The highest BCUT2D eigenvalue weighted by molar-refractivity contribution is 7.78. The van der Waals surface area contributed by atoms with E-state index in [-0.39, 0.29) is 13.1 Å². The third-order valence-corrected chi connectivity index (χ3v) is 6.19. The van der Waals surface area contributed by atoms with Gasteiger partial charge in [0, 0.05) is 41.5 Å². The number of nitrogens with zero attached hydrogens (tertiary/aromatic N) is 2. The number of isothiocyanates is 2. The third-order valence-electron chi connectivity index (χ3n) is 5.93. The molecule has 0 amide bonds. The molecular weight excluding hydrogens is 644 g/mol. The second kappa shape index (κ2) is 17.7. The maximum atomic E-state index is 12.2. The Morgan fingerprint density at radius 3 is 1.04 bits per heavy atom. The fraction of sp³-hybridized carbons (Fsp3) is 0.692. The third kappa shape index (κ3) is 11.3. The standard InChI is InChI=1S/C26H32N2O15S2/c1-11(29)35-19-17(7-27-9-44)41-25(23(39-15(5)33)21(19)37-13(3)31)43-26-24(40-16(6)34)22(38-14(4)32)20(36-12(2)30)18(42-26)8-28-10-45/h17-26H,7-8H2,1-6H3. The molecule has 2 rings (SSSR count). The number of aliphatic imine (C=N–C) groups is 2. The number of hydrogen-bond acceptors (Lipinski definition) is 19. The van der Waals surface area contributed by atoms with E-state index < -0.39 is 97.2 Å². The summed E-state index contributed by atoms with van der Waals surface area (Å²) in [5, 5.41) is 4.28. The predicted octanol–water partition coefficient (Wildman–Crippen LogP) is 0.249. The molecule has 0 bridgehead atoms. The lowest BCUT2D eigenvalue weighted by atomic mass is 9.96. The van der Waals surface area contributed by atoms with Gasteiger partial charge in [-0.2, -0.15) is 0 Å². The van der Waals surface area contributed by atoms with Crippen LogP contribution in [0.3, 0.4) is 0 Å². The lowest BCUT2D eigenvalue weighted by Crippen LogP contribution is -2.66. The largest absolute Gasteiger partial charge is 0.456 e. The van der Waals surface area contributed by atoms with Crippen molar-refractivity contribution in [1.82, 2.24) is 0 Å². The van der Waals surface area contributed by atoms with Gasteiger partial charge in [-0.05, 0) is 24.4 Å². The van der Waals surface area contributed by atoms with Crippen molar-refractivity contribution in [1.29, 1.82) is 0 Å². The van der Waals surface area contributed by atoms with E-state index in [9.17, 15) is 28.8 Å². The van der Waals surface area contributed by atoms with Crippen molar-refractivity contribution in [3.63, 3.8) is 0 Å². The minimum atomic E-state index is -1.71. The average Bonchev–Trinajstić information content (AvgIpc) is 2.91. The van der Waals surface area contributed by atoms with Gasteiger partial charge in [0.25, 0.3) is 0 Å². The van der Waals surface area contributed by atoms with Crippen LogP contribution < -0.4 is 0 Å². The molecule has 2 aliphatic rings. The summed E-state index contributed by atoms with van der Waals surface area (Å²) in [6.07, 6.45) is -14.9. The molecule has 0 N–H and O–H groups in total. The van der Waals surface area contributed by atoms with Crippen LogP contribution in [0.4, 0.5) is 0 Å². The Kier molecular flexibility index (Phi) is 14.7. The number of carbonyl (C=O) groups excluding carboxylic acids is 6. The van der Waals surface area contributed by atoms with E-state index in [1.807, 2.05) is 0 Å². The van der Waals surface area contributed by atoms with E-state index in [0.717, 1.165) is 41.5 Å². The first-order valence-corrected chi connectivity index (χ1v) is 14.1. The molecule has 2 aliphatic heterocycles. The zero-order valence-electron chi connectivity index (χ0n) is 25.0. The maximum absolute atomic E-state index is 12.2. The second-order valence-corrected chi connectivity index (χ2v) is 9.90. The number of esters is 6. The molecule has 2 fully saturated rings. The topological polar surface area (TPSA) is 210 Å². The van der Waals surface area contributed by atoms with Gasteiger partial charge >= 0.3 is 35.8 Å². The SMILES string of the molecule is CC(=O)OC1C(CN=C=S)OC(OC2OC(CN=C=S)C(OC(C)=O)C(OC(C)=O)C2OC(C)=O)C(OC(C)=O)C1OC(C)=O. The Bertz CT molecular complexity index is 1140. The molecule has 17 nitrogen and oxygen atoms in total. The summed E-state index contributed by atoms with van der Waals surface area (Å²) in [4.78, 5) is 80.3. The Balaban J connectivity index is 2.69. The zero-order chi connectivity index (χ0) is 33.8. The van der Waals surface area contributed by atoms with Gasteiger partial charge in [-0.3, -0.25) is 28.8 Å². The molecule has 0 aromatic rings. The number of carbonyl (C=O) groups is 6. The summed E-state index contributed by atoms with van der Waals surface area (Å²) in [6, 6.07) is 0. The van der Waals surface area contributed by atoms with Crippen LogP contribution in [0.2, 0.25) is 0 Å². The molecule has 19 heteroatoms. The lowest BCUT2D eigenvalue weighted by Gasteiger charge is -2.47. The summed E-state index contributed by atoms with van der Waals surface area (Å²) >= 11 is 9.29. The average molecular weight is 677 g/mol. The highest BCUT2D eigenvalue weighted by Crippen LogP contribution is 2.35. The van der Waals surface area contributed by atoms with E-state index in [2.05, 4.69) is 44.7 Å². The molecule has 0 aromatic heterocycles. The fourth-order valence-electron chi connectivity index (χ4n) is 4.61. The number of rotatable bonds is 12. The van der Waals surface area contributed by atoms with Crippen molar-refractivity contribution in [2.24, 2.45) is 9.98 Å². The summed E-state index contributed by atoms with van der Waals surface area (Å²) in [7, 11) is 0. The van der Waals surface area contributed by atoms with E-state index in [1.54, 1.807) is 0 Å². The molecule has 2 heterocycles. The maximum Gasteiger partial charge on any atom is 0.303 e. The van der Waals surface area contributed by atoms with Crippen LogP contribution in [0.15, 0.2) is 9.98 Å². The smallest absolute Gasteiger partial charge is 0.303 e. The van der Waals surface area contributed by atoms with Crippen molar-refractivity contribution in [3.8, 4) is 0 Å². The molecule has 0 aliphatic carbocycles. The van der Waals surface area contributed by atoms with Crippen LogP contribution >= 0.6 is 24.4 Å². The highest BCUT2D eigenvalue weighted by atomic mass is 32.1. The van der Waals surface area contributed by atoms with E-state index in [1.165, 1.54) is 0 Å². The zero-order valence-corrected chi connectivity index (χ0v) is 26.7. The Morgan fingerprint density at radius 1 is 0.511 bits per heavy atom. The summed E-state index contributed by atoms with van der Waals surface area (Å²) < 4.78 is 50.5. The number of ether oxygens (including phenoxy) is 9. The van der Waals surface area contributed by atoms with Crippen LogP contribution in [0, 0.1) is 0 Å². The molecule has 10 atom stereocenters. The van der Waals surface area contributed by atoms with Gasteiger partial charge in [-0.15, -0.1) is 0 Å². The minimum Gasteiger partial charge on any atom is -0.456 e. The molecule has 2 saturated heterocycles. The van der Waals surface area contributed by atoms with E-state index >= 15 is 0 Å². The van der Waals surface area contributed by atoms with Crippen molar-refractivity contribution in [2.75, 3.05) is 13.1 Å². The van der Waals surface area contributed by atoms with Crippen LogP contribution in [0.5, 0.6) is 0 Å². The van der Waals surface area contributed by atoms with Crippen LogP contribution in [-0.4, -0.2) is 121 Å². The summed E-state index contributed by atoms with van der Waals surface area (Å²) in [6.45, 7) is 5.81. The molecule has 10 unspecified atom stereocenters. The second-order valence-electron chi connectivity index (χ2n) is 9.53. The first-order chi connectivity index (χ1) is 21.2. The quantitative estimate of drug-likeness (QED) is 0.117. The van der Waals surface area contributed by atoms with Gasteiger partial charge in [0.05, 0.1) is 23.4 Å². The van der Waals surface area contributed by atoms with Crippen LogP contribution in [0.1, 0.15) is 41.5 Å². The highest BCUT2D eigenvalue weighted by Gasteiger charge is 2.57. The van der Waals surface area contributed by atoms with Crippen molar-refractivity contribution >= 4 is 70.6 Å². The van der Waals surface area contributed by atoms with Gasteiger partial charge in [-0.1, -0.05) is 0 Å². The molecule has 248 valence electrons. The molecule has 0 spiro atoms. The molecular formula is C26H32N2O15S2. The van der Waals surface area contributed by atoms with E-state index in [0.29, 0.717) is 0 Å². The van der Waals surface area contributed by atoms with Gasteiger partial charge < -0.3 is 42.6 Å². The summed E-state index contributed by atoms with van der Waals surface area (Å²) in [5.74, 6) is -5.06. The number of thiocarbonyl (C=S) groups is 2. The monoisotopic (exact) mass is 676 g/mol. The molecule has 45 heavy (non-hydrogen) atoms. The van der Waals surface area contributed by atoms with Gasteiger partial charge in [0.1, 0.15) is 12.2 Å². The minimum absolute atomic E-state index is 0.290. The number of hydrogen-bond donors (Lipinski definition) is 0. The first kappa shape index (κ1) is 37.5. The Labute approximate surface area is 267 Å². The first-order valence-electron chi connectivity index (χ1n) is 13.2. The lowest BCUT2D eigenvalue weighted by molar-refractivity contribution is -0.372. The van der Waals surface area contributed by atoms with Gasteiger partial charge in [-0.25, -0.2) is 9.98 Å².